The van der Waals surface area contributed by atoms with Crippen LogP contribution >= 0.6 is 0 Å². The Labute approximate surface area is 110 Å². The molecule has 18 heavy (non-hydrogen) atoms. The fraction of sp³-hybridized carbons (Fsp3) is 0.714. The largest absolute Gasteiger partial charge is 0.372 e. The summed E-state index contributed by atoms with van der Waals surface area (Å²) in [6.07, 6.45) is 10.3. The Hall–Kier alpha value is -1.16. The second-order valence-corrected chi connectivity index (χ2v) is 5.05. The summed E-state index contributed by atoms with van der Waals surface area (Å²) in [6.45, 7) is 4.43. The molecule has 1 atom stereocenters. The standard InChI is InChI=1S/C14H24N4/c1-3-6-13-7-4-5-8-18(13)11-12-9-17-14(15-2)10-16-12/h9-10,13H,3-8,11H2,1-2H3,(H,15,17). The van der Waals surface area contributed by atoms with Gasteiger partial charge in [0.05, 0.1) is 18.1 Å². The molecule has 0 bridgehead atoms. The lowest BCUT2D eigenvalue weighted by Gasteiger charge is -2.35. The van der Waals surface area contributed by atoms with Crippen molar-refractivity contribution in [2.24, 2.45) is 0 Å². The first kappa shape index (κ1) is 13.3. The molecule has 0 spiro atoms. The molecular formula is C14H24N4. The van der Waals surface area contributed by atoms with Crippen molar-refractivity contribution in [3.63, 3.8) is 0 Å². The van der Waals surface area contributed by atoms with E-state index in [0.29, 0.717) is 0 Å². The van der Waals surface area contributed by atoms with Gasteiger partial charge in [0.15, 0.2) is 0 Å². The van der Waals surface area contributed by atoms with Crippen molar-refractivity contribution >= 4 is 5.82 Å². The van der Waals surface area contributed by atoms with Gasteiger partial charge >= 0.3 is 0 Å². The summed E-state index contributed by atoms with van der Waals surface area (Å²) in [5.74, 6) is 0.836. The van der Waals surface area contributed by atoms with E-state index < -0.39 is 0 Å². The van der Waals surface area contributed by atoms with Gasteiger partial charge < -0.3 is 5.32 Å². The van der Waals surface area contributed by atoms with Gasteiger partial charge in [-0.25, -0.2) is 4.98 Å². The van der Waals surface area contributed by atoms with Crippen molar-refractivity contribution in [2.45, 2.75) is 51.6 Å². The van der Waals surface area contributed by atoms with Crippen molar-refractivity contribution in [3.05, 3.63) is 18.1 Å². The lowest BCUT2D eigenvalue weighted by atomic mass is 9.98. The van der Waals surface area contributed by atoms with Crippen LogP contribution in [0.2, 0.25) is 0 Å². The van der Waals surface area contributed by atoms with Crippen molar-refractivity contribution in [2.75, 3.05) is 18.9 Å². The molecule has 1 fully saturated rings. The number of hydrogen-bond acceptors (Lipinski definition) is 4. The second kappa shape index (κ2) is 6.69. The molecule has 1 aliphatic heterocycles. The summed E-state index contributed by atoms with van der Waals surface area (Å²) in [7, 11) is 1.87. The molecule has 0 radical (unpaired) electrons. The fourth-order valence-corrected chi connectivity index (χ4v) is 2.70. The van der Waals surface area contributed by atoms with Crippen molar-refractivity contribution in [1.82, 2.24) is 14.9 Å². The van der Waals surface area contributed by atoms with Crippen molar-refractivity contribution in [1.29, 1.82) is 0 Å². The molecular weight excluding hydrogens is 224 g/mol. The minimum absolute atomic E-state index is 0.745. The minimum Gasteiger partial charge on any atom is -0.372 e. The molecule has 0 aliphatic carbocycles. The topological polar surface area (TPSA) is 41.1 Å². The molecule has 1 aliphatic rings. The van der Waals surface area contributed by atoms with E-state index >= 15 is 0 Å². The average molecular weight is 248 g/mol. The highest BCUT2D eigenvalue weighted by Crippen LogP contribution is 2.22. The molecule has 0 saturated carbocycles. The van der Waals surface area contributed by atoms with Crippen LogP contribution in [0.1, 0.15) is 44.7 Å². The van der Waals surface area contributed by atoms with Gasteiger partial charge in [0.2, 0.25) is 0 Å². The fourth-order valence-electron chi connectivity index (χ4n) is 2.70. The Balaban J connectivity index is 1.96. The average Bonchev–Trinajstić information content (AvgIpc) is 2.42. The number of aromatic nitrogens is 2. The molecule has 0 aromatic carbocycles. The van der Waals surface area contributed by atoms with Crippen LogP contribution in [-0.2, 0) is 6.54 Å². The van der Waals surface area contributed by atoms with E-state index in [9.17, 15) is 0 Å². The Morgan fingerprint density at radius 3 is 2.89 bits per heavy atom. The molecule has 100 valence electrons. The third kappa shape index (κ3) is 3.42. The molecule has 1 unspecified atom stereocenters. The summed E-state index contributed by atoms with van der Waals surface area (Å²) in [5.41, 5.74) is 1.08. The molecule has 1 N–H and O–H groups in total. The maximum atomic E-state index is 4.47. The van der Waals surface area contributed by atoms with Crippen LogP contribution < -0.4 is 5.32 Å². The second-order valence-electron chi connectivity index (χ2n) is 5.05. The number of hydrogen-bond donors (Lipinski definition) is 1. The molecule has 2 rings (SSSR count). The van der Waals surface area contributed by atoms with E-state index in [0.717, 1.165) is 24.1 Å². The van der Waals surface area contributed by atoms with Crippen LogP contribution in [0.5, 0.6) is 0 Å². The van der Waals surface area contributed by atoms with Crippen LogP contribution in [0, 0.1) is 0 Å². The minimum atomic E-state index is 0.745. The zero-order valence-corrected chi connectivity index (χ0v) is 11.5. The Kier molecular flexibility index (Phi) is 4.93. The summed E-state index contributed by atoms with van der Waals surface area (Å²) < 4.78 is 0. The van der Waals surface area contributed by atoms with Gasteiger partial charge in [-0.2, -0.15) is 0 Å². The summed E-state index contributed by atoms with van der Waals surface area (Å²) >= 11 is 0. The molecule has 0 amide bonds. The lowest BCUT2D eigenvalue weighted by molar-refractivity contribution is 0.130. The van der Waals surface area contributed by atoms with Gasteiger partial charge in [0.1, 0.15) is 5.82 Å². The monoisotopic (exact) mass is 248 g/mol. The highest BCUT2D eigenvalue weighted by molar-refractivity contribution is 5.29. The van der Waals surface area contributed by atoms with Crippen molar-refractivity contribution in [3.8, 4) is 0 Å². The third-order valence-corrected chi connectivity index (χ3v) is 3.70. The predicted octanol–water partition coefficient (Wildman–Crippen LogP) is 2.67. The summed E-state index contributed by atoms with van der Waals surface area (Å²) in [6, 6.07) is 0.745. The van der Waals surface area contributed by atoms with Crippen LogP contribution in [0.3, 0.4) is 0 Å². The van der Waals surface area contributed by atoms with E-state index in [2.05, 4.69) is 27.1 Å². The Morgan fingerprint density at radius 2 is 2.22 bits per heavy atom. The maximum Gasteiger partial charge on any atom is 0.144 e. The highest BCUT2D eigenvalue weighted by Gasteiger charge is 2.21. The molecule has 4 nitrogen and oxygen atoms in total. The van der Waals surface area contributed by atoms with E-state index in [1.165, 1.54) is 38.6 Å². The van der Waals surface area contributed by atoms with Gasteiger partial charge in [-0.15, -0.1) is 0 Å². The first-order valence-electron chi connectivity index (χ1n) is 7.06. The smallest absolute Gasteiger partial charge is 0.144 e. The zero-order valence-electron chi connectivity index (χ0n) is 11.5. The number of nitrogens with zero attached hydrogens (tertiary/aromatic N) is 3. The van der Waals surface area contributed by atoms with Crippen LogP contribution in [0.25, 0.3) is 0 Å². The third-order valence-electron chi connectivity index (χ3n) is 3.70. The summed E-state index contributed by atoms with van der Waals surface area (Å²) in [4.78, 5) is 11.4. The van der Waals surface area contributed by atoms with Crippen LogP contribution in [-0.4, -0.2) is 34.5 Å². The first-order valence-corrected chi connectivity index (χ1v) is 7.06. The number of anilines is 1. The predicted molar refractivity (Wildman–Crippen MR) is 74.5 cm³/mol. The quantitative estimate of drug-likeness (QED) is 0.870. The van der Waals surface area contributed by atoms with E-state index in [1.807, 2.05) is 19.4 Å². The first-order chi connectivity index (χ1) is 8.83. The molecule has 2 heterocycles. The maximum absolute atomic E-state index is 4.47. The summed E-state index contributed by atoms with van der Waals surface area (Å²) in [5, 5.41) is 3.00. The zero-order chi connectivity index (χ0) is 12.8. The number of piperidine rings is 1. The van der Waals surface area contributed by atoms with E-state index in [4.69, 9.17) is 0 Å². The molecule has 1 aromatic rings. The van der Waals surface area contributed by atoms with Crippen LogP contribution in [0.4, 0.5) is 5.82 Å². The molecule has 4 heteroatoms. The van der Waals surface area contributed by atoms with Crippen molar-refractivity contribution < 1.29 is 0 Å². The highest BCUT2D eigenvalue weighted by atomic mass is 15.2. The van der Waals surface area contributed by atoms with Gasteiger partial charge in [-0.1, -0.05) is 19.8 Å². The van der Waals surface area contributed by atoms with Gasteiger partial charge in [-0.05, 0) is 25.8 Å². The Morgan fingerprint density at radius 1 is 1.33 bits per heavy atom. The molecule has 1 saturated heterocycles. The lowest BCUT2D eigenvalue weighted by Crippen LogP contribution is -2.39. The van der Waals surface area contributed by atoms with Crippen LogP contribution in [0.15, 0.2) is 12.4 Å². The number of likely N-dealkylation sites (tertiary alicyclic amines) is 1. The number of nitrogens with one attached hydrogen (secondary N) is 1. The van der Waals surface area contributed by atoms with E-state index in [1.54, 1.807) is 0 Å². The van der Waals surface area contributed by atoms with Gasteiger partial charge in [0.25, 0.3) is 0 Å². The van der Waals surface area contributed by atoms with E-state index in [-0.39, 0.29) is 0 Å². The SMILES string of the molecule is CCCC1CCCCN1Cc1cnc(NC)cn1. The molecule has 1 aromatic heterocycles. The van der Waals surface area contributed by atoms with Gasteiger partial charge in [-0.3, -0.25) is 9.88 Å². The number of rotatable bonds is 5. The Bertz CT molecular complexity index is 347. The normalized spacial score (nSPS) is 20.9. The van der Waals surface area contributed by atoms with Gasteiger partial charge in [0, 0.05) is 19.6 Å².